The minimum absolute atomic E-state index is 0.485. The summed E-state index contributed by atoms with van der Waals surface area (Å²) in [6.07, 6.45) is 2.06. The Morgan fingerprint density at radius 2 is 0.947 bits per heavy atom. The predicted octanol–water partition coefficient (Wildman–Crippen LogP) is 11.2. The first kappa shape index (κ1) is 26.7. The van der Waals surface area contributed by atoms with Crippen molar-refractivity contribution in [3.05, 3.63) is 153 Å². The van der Waals surface area contributed by atoms with Crippen LogP contribution in [0.2, 0.25) is 0 Å². The van der Waals surface area contributed by atoms with Gasteiger partial charge in [-0.1, -0.05) is 129 Å². The molecule has 0 radical (unpaired) electrons. The lowest BCUT2D eigenvalue weighted by Crippen LogP contribution is -1.98. The molecular formula is C36H32Br2. The van der Waals surface area contributed by atoms with Crippen LogP contribution in [0.15, 0.2) is 130 Å². The highest BCUT2D eigenvalue weighted by Gasteiger charge is 2.15. The molecule has 0 fully saturated rings. The topological polar surface area (TPSA) is 0 Å². The van der Waals surface area contributed by atoms with Crippen LogP contribution in [-0.4, -0.2) is 0 Å². The van der Waals surface area contributed by atoms with E-state index in [9.17, 15) is 0 Å². The summed E-state index contributed by atoms with van der Waals surface area (Å²) in [6, 6.07) is 44.1. The zero-order valence-electron chi connectivity index (χ0n) is 21.9. The molecule has 0 aliphatic carbocycles. The number of hydrogen-bond donors (Lipinski definition) is 0. The standard InChI is InChI=1S/C36H32Br2/c1-25(29-9-5-3-6-10-29)23-27-13-17-31(18-14-27)33-21-22-34(37)36(38)35(33)32-19-15-28(16-20-32)24-26(2)30-11-7-4-8-12-30/h3-22,25-26H,23-24H2,1-2H3. The van der Waals surface area contributed by atoms with Crippen LogP contribution < -0.4 is 0 Å². The first-order chi connectivity index (χ1) is 18.5. The SMILES string of the molecule is CC(Cc1ccc(-c2ccc(Br)c(Br)c2-c2ccc(CC(C)c3ccccc3)cc2)cc1)c1ccccc1. The van der Waals surface area contributed by atoms with Gasteiger partial charge in [-0.15, -0.1) is 0 Å². The lowest BCUT2D eigenvalue weighted by molar-refractivity contribution is 0.759. The van der Waals surface area contributed by atoms with Crippen LogP contribution >= 0.6 is 31.9 Å². The van der Waals surface area contributed by atoms with Crippen LogP contribution in [0.4, 0.5) is 0 Å². The van der Waals surface area contributed by atoms with E-state index in [0.717, 1.165) is 21.8 Å². The molecule has 0 aliphatic heterocycles. The molecule has 190 valence electrons. The lowest BCUT2D eigenvalue weighted by atomic mass is 9.90. The molecule has 0 bridgehead atoms. The van der Waals surface area contributed by atoms with Crippen molar-refractivity contribution in [2.24, 2.45) is 0 Å². The number of rotatable bonds is 8. The summed E-state index contributed by atoms with van der Waals surface area (Å²) in [5.74, 6) is 0.973. The van der Waals surface area contributed by atoms with E-state index < -0.39 is 0 Å². The zero-order valence-corrected chi connectivity index (χ0v) is 25.0. The molecule has 2 unspecified atom stereocenters. The number of hydrogen-bond acceptors (Lipinski definition) is 0. The number of benzene rings is 5. The Bertz CT molecular complexity index is 1470. The van der Waals surface area contributed by atoms with E-state index in [4.69, 9.17) is 0 Å². The van der Waals surface area contributed by atoms with Crippen molar-refractivity contribution in [2.75, 3.05) is 0 Å². The van der Waals surface area contributed by atoms with Crippen LogP contribution in [0.3, 0.4) is 0 Å². The maximum absolute atomic E-state index is 3.88. The minimum atomic E-state index is 0.485. The molecule has 5 aromatic carbocycles. The summed E-state index contributed by atoms with van der Waals surface area (Å²) in [5.41, 5.74) is 10.4. The third-order valence-corrected chi connectivity index (χ3v) is 9.44. The minimum Gasteiger partial charge on any atom is -0.0622 e. The molecule has 5 rings (SSSR count). The molecule has 38 heavy (non-hydrogen) atoms. The molecule has 5 aromatic rings. The highest BCUT2D eigenvalue weighted by molar-refractivity contribution is 9.13. The van der Waals surface area contributed by atoms with Gasteiger partial charge in [0, 0.05) is 14.5 Å². The molecule has 0 nitrogen and oxygen atoms in total. The Balaban J connectivity index is 1.39. The highest BCUT2D eigenvalue weighted by atomic mass is 79.9. The second kappa shape index (κ2) is 12.3. The second-order valence-corrected chi connectivity index (χ2v) is 11.9. The lowest BCUT2D eigenvalue weighted by Gasteiger charge is -2.16. The van der Waals surface area contributed by atoms with Crippen molar-refractivity contribution in [1.82, 2.24) is 0 Å². The quantitative estimate of drug-likeness (QED) is 0.161. The van der Waals surface area contributed by atoms with Crippen molar-refractivity contribution >= 4 is 31.9 Å². The Labute approximate surface area is 244 Å². The van der Waals surface area contributed by atoms with Gasteiger partial charge in [0.15, 0.2) is 0 Å². The van der Waals surface area contributed by atoms with Gasteiger partial charge in [-0.3, -0.25) is 0 Å². The Kier molecular flexibility index (Phi) is 8.61. The second-order valence-electron chi connectivity index (χ2n) is 10.2. The van der Waals surface area contributed by atoms with Gasteiger partial charge in [0.05, 0.1) is 0 Å². The fourth-order valence-corrected chi connectivity index (χ4v) is 6.11. The average molecular weight is 624 g/mol. The first-order valence-corrected chi connectivity index (χ1v) is 14.8. The third kappa shape index (κ3) is 6.20. The molecule has 0 saturated carbocycles. The molecule has 0 heterocycles. The van der Waals surface area contributed by atoms with Crippen LogP contribution in [0, 0.1) is 0 Å². The Hall–Kier alpha value is -2.94. The summed E-state index contributed by atoms with van der Waals surface area (Å²) < 4.78 is 2.15. The van der Waals surface area contributed by atoms with Gasteiger partial charge in [0.2, 0.25) is 0 Å². The number of halogens is 2. The van der Waals surface area contributed by atoms with Crippen molar-refractivity contribution in [3.8, 4) is 22.3 Å². The molecule has 2 heteroatoms. The molecule has 0 N–H and O–H groups in total. The van der Waals surface area contributed by atoms with E-state index in [1.165, 1.54) is 44.5 Å². The summed E-state index contributed by atoms with van der Waals surface area (Å²) in [5, 5.41) is 0. The fraction of sp³-hybridized carbons (Fsp3) is 0.167. The van der Waals surface area contributed by atoms with E-state index >= 15 is 0 Å². The molecule has 2 atom stereocenters. The maximum atomic E-state index is 3.88. The van der Waals surface area contributed by atoms with Gasteiger partial charge in [-0.05, 0) is 102 Å². The molecule has 0 saturated heterocycles. The van der Waals surface area contributed by atoms with Crippen molar-refractivity contribution in [1.29, 1.82) is 0 Å². The normalized spacial score (nSPS) is 12.7. The van der Waals surface area contributed by atoms with Gasteiger partial charge in [0.1, 0.15) is 0 Å². The highest BCUT2D eigenvalue weighted by Crippen LogP contribution is 2.42. The third-order valence-electron chi connectivity index (χ3n) is 7.42. The van der Waals surface area contributed by atoms with Gasteiger partial charge in [-0.2, -0.15) is 0 Å². The van der Waals surface area contributed by atoms with E-state index in [1.54, 1.807) is 0 Å². The van der Waals surface area contributed by atoms with Crippen LogP contribution in [0.1, 0.15) is 47.9 Å². The van der Waals surface area contributed by atoms with E-state index in [-0.39, 0.29) is 0 Å². The molecule has 0 spiro atoms. The average Bonchev–Trinajstić information content (AvgIpc) is 2.96. The summed E-state index contributed by atoms with van der Waals surface area (Å²) in [7, 11) is 0. The summed E-state index contributed by atoms with van der Waals surface area (Å²) >= 11 is 7.62. The van der Waals surface area contributed by atoms with Gasteiger partial charge < -0.3 is 0 Å². The maximum Gasteiger partial charge on any atom is 0.0402 e. The van der Waals surface area contributed by atoms with Gasteiger partial charge in [0.25, 0.3) is 0 Å². The van der Waals surface area contributed by atoms with Gasteiger partial charge >= 0.3 is 0 Å². The van der Waals surface area contributed by atoms with E-state index in [0.29, 0.717) is 11.8 Å². The zero-order chi connectivity index (χ0) is 26.5. The van der Waals surface area contributed by atoms with Crippen molar-refractivity contribution in [3.63, 3.8) is 0 Å². The fourth-order valence-electron chi connectivity index (χ4n) is 5.21. The predicted molar refractivity (Wildman–Crippen MR) is 170 cm³/mol. The first-order valence-electron chi connectivity index (χ1n) is 13.3. The van der Waals surface area contributed by atoms with E-state index in [1.807, 2.05) is 0 Å². The monoisotopic (exact) mass is 622 g/mol. The smallest absolute Gasteiger partial charge is 0.0402 e. The van der Waals surface area contributed by atoms with Crippen LogP contribution in [-0.2, 0) is 12.8 Å². The van der Waals surface area contributed by atoms with Crippen molar-refractivity contribution in [2.45, 2.75) is 38.5 Å². The van der Waals surface area contributed by atoms with E-state index in [2.05, 4.69) is 167 Å². The molecule has 0 amide bonds. The Morgan fingerprint density at radius 1 is 0.500 bits per heavy atom. The molecular weight excluding hydrogens is 592 g/mol. The summed E-state index contributed by atoms with van der Waals surface area (Å²) in [4.78, 5) is 0. The van der Waals surface area contributed by atoms with Gasteiger partial charge in [-0.25, -0.2) is 0 Å². The largest absolute Gasteiger partial charge is 0.0622 e. The van der Waals surface area contributed by atoms with Crippen LogP contribution in [0.25, 0.3) is 22.3 Å². The summed E-state index contributed by atoms with van der Waals surface area (Å²) in [6.45, 7) is 4.61. The van der Waals surface area contributed by atoms with Crippen LogP contribution in [0.5, 0.6) is 0 Å². The van der Waals surface area contributed by atoms with Crippen molar-refractivity contribution < 1.29 is 0 Å². The molecule has 0 aliphatic rings. The molecule has 0 aromatic heterocycles. The Morgan fingerprint density at radius 3 is 1.42 bits per heavy atom.